The average Bonchev–Trinajstić information content (AvgIpc) is 2.33. The standard InChI is InChI=1S/C15H24N2O2/c1-11(2)17(7-8-18)10-15(19)16-14-6-5-12(3)13(4)9-14/h5-6,9,11,18H,7-8,10H2,1-4H3,(H,16,19). The number of carbonyl (C=O) groups is 1. The molecule has 4 nitrogen and oxygen atoms in total. The minimum atomic E-state index is -0.0506. The zero-order chi connectivity index (χ0) is 14.4. The molecule has 0 spiro atoms. The predicted octanol–water partition coefficient (Wildman–Crippen LogP) is 1.94. The molecule has 106 valence electrons. The highest BCUT2D eigenvalue weighted by molar-refractivity contribution is 5.92. The number of aliphatic hydroxyl groups is 1. The van der Waals surface area contributed by atoms with Crippen LogP contribution in [0.5, 0.6) is 0 Å². The van der Waals surface area contributed by atoms with Gasteiger partial charge in [0.2, 0.25) is 5.91 Å². The topological polar surface area (TPSA) is 52.6 Å². The Morgan fingerprint density at radius 3 is 2.53 bits per heavy atom. The van der Waals surface area contributed by atoms with Crippen LogP contribution < -0.4 is 5.32 Å². The van der Waals surface area contributed by atoms with E-state index in [0.717, 1.165) is 11.3 Å². The van der Waals surface area contributed by atoms with Gasteiger partial charge in [0.15, 0.2) is 0 Å². The van der Waals surface area contributed by atoms with E-state index in [9.17, 15) is 4.79 Å². The number of benzene rings is 1. The summed E-state index contributed by atoms with van der Waals surface area (Å²) in [7, 11) is 0. The number of amides is 1. The van der Waals surface area contributed by atoms with Crippen molar-refractivity contribution >= 4 is 11.6 Å². The predicted molar refractivity (Wildman–Crippen MR) is 78.3 cm³/mol. The molecule has 0 bridgehead atoms. The van der Waals surface area contributed by atoms with Gasteiger partial charge >= 0.3 is 0 Å². The van der Waals surface area contributed by atoms with Crippen molar-refractivity contribution in [2.75, 3.05) is 25.0 Å². The molecule has 0 aromatic heterocycles. The molecule has 0 atom stereocenters. The van der Waals surface area contributed by atoms with E-state index in [4.69, 9.17) is 5.11 Å². The van der Waals surface area contributed by atoms with E-state index in [1.807, 2.05) is 50.8 Å². The highest BCUT2D eigenvalue weighted by Gasteiger charge is 2.13. The third-order valence-corrected chi connectivity index (χ3v) is 3.25. The summed E-state index contributed by atoms with van der Waals surface area (Å²) in [5.41, 5.74) is 3.19. The second kappa shape index (κ2) is 7.26. The Hall–Kier alpha value is -1.39. The van der Waals surface area contributed by atoms with Crippen molar-refractivity contribution in [3.8, 4) is 0 Å². The van der Waals surface area contributed by atoms with Crippen LogP contribution in [0, 0.1) is 13.8 Å². The Morgan fingerprint density at radius 2 is 2.00 bits per heavy atom. The molecule has 0 saturated carbocycles. The van der Waals surface area contributed by atoms with E-state index in [1.54, 1.807) is 0 Å². The maximum Gasteiger partial charge on any atom is 0.238 e. The van der Waals surface area contributed by atoms with E-state index >= 15 is 0 Å². The molecule has 0 saturated heterocycles. The second-order valence-electron chi connectivity index (χ2n) is 5.14. The van der Waals surface area contributed by atoms with Gasteiger partial charge in [-0.15, -0.1) is 0 Å². The lowest BCUT2D eigenvalue weighted by molar-refractivity contribution is -0.117. The van der Waals surface area contributed by atoms with Crippen LogP contribution in [0.25, 0.3) is 0 Å². The van der Waals surface area contributed by atoms with Gasteiger partial charge in [-0.2, -0.15) is 0 Å². The Balaban J connectivity index is 2.61. The van der Waals surface area contributed by atoms with E-state index in [0.29, 0.717) is 13.1 Å². The minimum absolute atomic E-state index is 0.0506. The molecule has 0 aliphatic carbocycles. The van der Waals surface area contributed by atoms with Crippen LogP contribution in [-0.2, 0) is 4.79 Å². The van der Waals surface area contributed by atoms with Gasteiger partial charge in [0, 0.05) is 18.3 Å². The maximum atomic E-state index is 12.0. The summed E-state index contributed by atoms with van der Waals surface area (Å²) < 4.78 is 0. The van der Waals surface area contributed by atoms with Gasteiger partial charge in [-0.1, -0.05) is 6.07 Å². The van der Waals surface area contributed by atoms with Gasteiger partial charge in [-0.25, -0.2) is 0 Å². The molecule has 1 aromatic rings. The monoisotopic (exact) mass is 264 g/mol. The largest absolute Gasteiger partial charge is 0.395 e. The lowest BCUT2D eigenvalue weighted by Gasteiger charge is -2.24. The molecule has 1 aromatic carbocycles. The first kappa shape index (κ1) is 15.7. The molecular weight excluding hydrogens is 240 g/mol. The molecule has 4 heteroatoms. The summed E-state index contributed by atoms with van der Waals surface area (Å²) in [4.78, 5) is 13.9. The molecule has 0 aliphatic heterocycles. The smallest absolute Gasteiger partial charge is 0.238 e. The highest BCUT2D eigenvalue weighted by atomic mass is 16.3. The molecule has 0 aliphatic rings. The number of carbonyl (C=O) groups excluding carboxylic acids is 1. The quantitative estimate of drug-likeness (QED) is 0.825. The van der Waals surface area contributed by atoms with Gasteiger partial charge in [-0.3, -0.25) is 9.69 Å². The van der Waals surface area contributed by atoms with E-state index in [1.165, 1.54) is 5.56 Å². The summed E-state index contributed by atoms with van der Waals surface area (Å²) in [5.74, 6) is -0.0506. The Bertz CT molecular complexity index is 430. The summed E-state index contributed by atoms with van der Waals surface area (Å²) in [6.45, 7) is 8.97. The van der Waals surface area contributed by atoms with Crippen LogP contribution in [0.1, 0.15) is 25.0 Å². The molecule has 0 heterocycles. The molecule has 19 heavy (non-hydrogen) atoms. The number of aryl methyl sites for hydroxylation is 2. The first-order chi connectivity index (χ1) is 8.93. The minimum Gasteiger partial charge on any atom is -0.395 e. The van der Waals surface area contributed by atoms with Crippen molar-refractivity contribution in [2.24, 2.45) is 0 Å². The van der Waals surface area contributed by atoms with Crippen LogP contribution >= 0.6 is 0 Å². The van der Waals surface area contributed by atoms with Crippen molar-refractivity contribution in [1.82, 2.24) is 4.90 Å². The number of hydrogen-bond acceptors (Lipinski definition) is 3. The second-order valence-corrected chi connectivity index (χ2v) is 5.14. The van der Waals surface area contributed by atoms with E-state index < -0.39 is 0 Å². The number of nitrogens with one attached hydrogen (secondary N) is 1. The van der Waals surface area contributed by atoms with Gasteiger partial charge in [0.1, 0.15) is 0 Å². The first-order valence-electron chi connectivity index (χ1n) is 6.66. The summed E-state index contributed by atoms with van der Waals surface area (Å²) in [6, 6.07) is 6.11. The lowest BCUT2D eigenvalue weighted by Crippen LogP contribution is -2.39. The fourth-order valence-corrected chi connectivity index (χ4v) is 1.85. The molecular formula is C15H24N2O2. The van der Waals surface area contributed by atoms with Crippen LogP contribution in [0.15, 0.2) is 18.2 Å². The van der Waals surface area contributed by atoms with Crippen LogP contribution in [0.4, 0.5) is 5.69 Å². The normalized spacial score (nSPS) is 11.1. The first-order valence-corrected chi connectivity index (χ1v) is 6.66. The average molecular weight is 264 g/mol. The van der Waals surface area contributed by atoms with Crippen molar-refractivity contribution in [1.29, 1.82) is 0 Å². The fourth-order valence-electron chi connectivity index (χ4n) is 1.85. The molecule has 2 N–H and O–H groups in total. The zero-order valence-corrected chi connectivity index (χ0v) is 12.2. The number of anilines is 1. The Labute approximate surface area is 115 Å². The molecule has 0 radical (unpaired) electrons. The van der Waals surface area contributed by atoms with E-state index in [-0.39, 0.29) is 18.6 Å². The summed E-state index contributed by atoms with van der Waals surface area (Å²) in [6.07, 6.45) is 0. The Morgan fingerprint density at radius 1 is 1.32 bits per heavy atom. The van der Waals surface area contributed by atoms with E-state index in [2.05, 4.69) is 5.32 Å². The van der Waals surface area contributed by atoms with Crippen molar-refractivity contribution in [3.05, 3.63) is 29.3 Å². The molecule has 1 rings (SSSR count). The van der Waals surface area contributed by atoms with Crippen molar-refractivity contribution < 1.29 is 9.90 Å². The third kappa shape index (κ3) is 5.01. The number of nitrogens with zero attached hydrogens (tertiary/aromatic N) is 1. The van der Waals surface area contributed by atoms with Gasteiger partial charge in [-0.05, 0) is 51.0 Å². The Kier molecular flexibility index (Phi) is 5.99. The SMILES string of the molecule is Cc1ccc(NC(=O)CN(CCO)C(C)C)cc1C. The van der Waals surface area contributed by atoms with Gasteiger partial charge < -0.3 is 10.4 Å². The van der Waals surface area contributed by atoms with Crippen LogP contribution in [-0.4, -0.2) is 41.7 Å². The molecule has 0 fully saturated rings. The number of rotatable bonds is 6. The summed E-state index contributed by atoms with van der Waals surface area (Å²) >= 11 is 0. The fraction of sp³-hybridized carbons (Fsp3) is 0.533. The zero-order valence-electron chi connectivity index (χ0n) is 12.2. The lowest BCUT2D eigenvalue weighted by atomic mass is 10.1. The molecule has 1 amide bonds. The molecule has 0 unspecified atom stereocenters. The highest BCUT2D eigenvalue weighted by Crippen LogP contribution is 2.14. The maximum absolute atomic E-state index is 12.0. The number of hydrogen-bond donors (Lipinski definition) is 2. The van der Waals surface area contributed by atoms with Crippen molar-refractivity contribution in [3.63, 3.8) is 0 Å². The van der Waals surface area contributed by atoms with Crippen molar-refractivity contribution in [2.45, 2.75) is 33.7 Å². The third-order valence-electron chi connectivity index (χ3n) is 3.25. The van der Waals surface area contributed by atoms with Crippen LogP contribution in [0.2, 0.25) is 0 Å². The van der Waals surface area contributed by atoms with Crippen LogP contribution in [0.3, 0.4) is 0 Å². The summed E-state index contributed by atoms with van der Waals surface area (Å²) in [5, 5.41) is 11.9. The van der Waals surface area contributed by atoms with Gasteiger partial charge in [0.05, 0.1) is 13.2 Å². The number of aliphatic hydroxyl groups excluding tert-OH is 1. The van der Waals surface area contributed by atoms with Gasteiger partial charge in [0.25, 0.3) is 0 Å².